The van der Waals surface area contributed by atoms with Gasteiger partial charge in [-0.05, 0) is 12.2 Å². The predicted molar refractivity (Wildman–Crippen MR) is 50.5 cm³/mol. The molecule has 78 valence electrons. The van der Waals surface area contributed by atoms with Crippen LogP contribution in [0.5, 0.6) is 0 Å². The molecule has 6 nitrogen and oxygen atoms in total. The third-order valence-corrected chi connectivity index (χ3v) is 1.97. The Labute approximate surface area is 83.8 Å². The first-order valence-electron chi connectivity index (χ1n) is 4.31. The number of aromatic nitrogens is 2. The molecule has 1 aliphatic rings. The van der Waals surface area contributed by atoms with Gasteiger partial charge in [0.15, 0.2) is 12.0 Å². The fraction of sp³-hybridized carbons (Fsp3) is 0.222. The Balaban J connectivity index is 2.39. The van der Waals surface area contributed by atoms with Gasteiger partial charge in [0.2, 0.25) is 0 Å². The number of nitrogens with zero attached hydrogens (tertiary/aromatic N) is 1. The molecule has 0 saturated heterocycles. The number of hydrogen-bond acceptors (Lipinski definition) is 4. The van der Waals surface area contributed by atoms with Crippen LogP contribution in [0, 0.1) is 0 Å². The number of rotatable bonds is 1. The molecule has 0 radical (unpaired) electrons. The Hall–Kier alpha value is -1.95. The summed E-state index contributed by atoms with van der Waals surface area (Å²) in [6, 6.07) is 1.22. The molecule has 1 atom stereocenters. The van der Waals surface area contributed by atoms with Crippen molar-refractivity contribution < 1.29 is 9.53 Å². The van der Waals surface area contributed by atoms with Gasteiger partial charge in [-0.15, -0.1) is 0 Å². The van der Waals surface area contributed by atoms with Gasteiger partial charge in [0.05, 0.1) is 0 Å². The average Bonchev–Trinajstić information content (AvgIpc) is 2.20. The van der Waals surface area contributed by atoms with Crippen LogP contribution in [0.25, 0.3) is 0 Å². The summed E-state index contributed by atoms with van der Waals surface area (Å²) >= 11 is 0. The van der Waals surface area contributed by atoms with Crippen molar-refractivity contribution in [3.63, 3.8) is 0 Å². The van der Waals surface area contributed by atoms with Gasteiger partial charge in [-0.3, -0.25) is 19.1 Å². The normalized spacial score (nSPS) is 20.5. The second-order valence-corrected chi connectivity index (χ2v) is 3.04. The third kappa shape index (κ3) is 1.94. The van der Waals surface area contributed by atoms with Gasteiger partial charge in [0.1, 0.15) is 6.61 Å². The van der Waals surface area contributed by atoms with Crippen molar-refractivity contribution in [3.05, 3.63) is 45.3 Å². The minimum atomic E-state index is -0.632. The van der Waals surface area contributed by atoms with Crippen LogP contribution < -0.4 is 11.2 Å². The highest BCUT2D eigenvalue weighted by molar-refractivity contribution is 5.91. The van der Waals surface area contributed by atoms with Crippen molar-refractivity contribution in [2.45, 2.75) is 6.23 Å². The van der Waals surface area contributed by atoms with Crippen LogP contribution in [0.4, 0.5) is 0 Å². The van der Waals surface area contributed by atoms with Crippen molar-refractivity contribution in [1.82, 2.24) is 9.55 Å². The summed E-state index contributed by atoms with van der Waals surface area (Å²) in [5, 5.41) is 0. The van der Waals surface area contributed by atoms with Gasteiger partial charge in [-0.2, -0.15) is 0 Å². The summed E-state index contributed by atoms with van der Waals surface area (Å²) in [7, 11) is 0. The molecular formula is C9H8N2O4. The zero-order chi connectivity index (χ0) is 10.8. The smallest absolute Gasteiger partial charge is 0.330 e. The standard InChI is InChI=1S/C9H8N2O4/c12-6-1-2-8(15-5-6)11-4-3-7(13)10-9(11)14/h1-4,8H,5H2,(H,10,13,14). The van der Waals surface area contributed by atoms with Crippen LogP contribution in [-0.4, -0.2) is 21.9 Å². The van der Waals surface area contributed by atoms with Gasteiger partial charge in [-0.1, -0.05) is 0 Å². The minimum absolute atomic E-state index is 0.0628. The van der Waals surface area contributed by atoms with Gasteiger partial charge in [0, 0.05) is 12.3 Å². The summed E-state index contributed by atoms with van der Waals surface area (Å²) in [5.74, 6) is -0.149. The Morgan fingerprint density at radius 2 is 2.20 bits per heavy atom. The van der Waals surface area contributed by atoms with Crippen LogP contribution in [-0.2, 0) is 9.53 Å². The van der Waals surface area contributed by atoms with Crippen molar-refractivity contribution >= 4 is 5.78 Å². The van der Waals surface area contributed by atoms with Gasteiger partial charge in [0.25, 0.3) is 5.56 Å². The maximum atomic E-state index is 11.3. The Kier molecular flexibility index (Phi) is 2.34. The molecule has 0 aliphatic carbocycles. The number of hydrogen-bond donors (Lipinski definition) is 1. The first-order chi connectivity index (χ1) is 7.16. The Bertz CT molecular complexity index is 525. The van der Waals surface area contributed by atoms with Gasteiger partial charge >= 0.3 is 5.69 Å². The van der Waals surface area contributed by atoms with E-state index in [9.17, 15) is 14.4 Å². The molecule has 15 heavy (non-hydrogen) atoms. The average molecular weight is 208 g/mol. The van der Waals surface area contributed by atoms with E-state index >= 15 is 0 Å². The maximum Gasteiger partial charge on any atom is 0.330 e. The van der Waals surface area contributed by atoms with Crippen LogP contribution in [0.2, 0.25) is 0 Å². The SMILES string of the molecule is O=C1C=CC(n2ccc(=O)[nH]c2=O)OC1. The highest BCUT2D eigenvalue weighted by Gasteiger charge is 2.15. The van der Waals surface area contributed by atoms with Crippen molar-refractivity contribution in [2.75, 3.05) is 6.61 Å². The Morgan fingerprint density at radius 3 is 2.80 bits per heavy atom. The Morgan fingerprint density at radius 1 is 1.40 bits per heavy atom. The number of ether oxygens (including phenoxy) is 1. The monoisotopic (exact) mass is 208 g/mol. The summed E-state index contributed by atoms with van der Waals surface area (Å²) in [5.41, 5.74) is -1.03. The summed E-state index contributed by atoms with van der Waals surface area (Å²) in [6.45, 7) is -0.0628. The molecule has 0 aromatic carbocycles. The lowest BCUT2D eigenvalue weighted by atomic mass is 10.3. The number of nitrogens with one attached hydrogen (secondary N) is 1. The van der Waals surface area contributed by atoms with E-state index in [2.05, 4.69) is 4.98 Å². The minimum Gasteiger partial charge on any atom is -0.346 e. The molecule has 2 heterocycles. The molecule has 0 saturated carbocycles. The number of H-pyrrole nitrogens is 1. The number of ketones is 1. The molecular weight excluding hydrogens is 200 g/mol. The molecule has 6 heteroatoms. The van der Waals surface area contributed by atoms with Crippen molar-refractivity contribution in [2.24, 2.45) is 0 Å². The van der Waals surface area contributed by atoms with E-state index in [4.69, 9.17) is 4.74 Å². The molecule has 0 spiro atoms. The van der Waals surface area contributed by atoms with E-state index in [1.54, 1.807) is 0 Å². The molecule has 1 unspecified atom stereocenters. The molecule has 0 fully saturated rings. The van der Waals surface area contributed by atoms with E-state index in [0.717, 1.165) is 0 Å². The lowest BCUT2D eigenvalue weighted by molar-refractivity contribution is -0.123. The fourth-order valence-corrected chi connectivity index (χ4v) is 1.26. The third-order valence-electron chi connectivity index (χ3n) is 1.97. The molecule has 1 aliphatic heterocycles. The highest BCUT2D eigenvalue weighted by Crippen LogP contribution is 2.10. The number of carbonyl (C=O) groups excluding carboxylic acids is 1. The van der Waals surface area contributed by atoms with Crippen LogP contribution >= 0.6 is 0 Å². The second-order valence-electron chi connectivity index (χ2n) is 3.04. The first kappa shape index (κ1) is 9.60. The van der Waals surface area contributed by atoms with E-state index < -0.39 is 17.5 Å². The van der Waals surface area contributed by atoms with Crippen LogP contribution in [0.15, 0.2) is 34.0 Å². The molecule has 1 N–H and O–H groups in total. The molecule has 1 aromatic heterocycles. The van der Waals surface area contributed by atoms with Crippen molar-refractivity contribution in [1.29, 1.82) is 0 Å². The van der Waals surface area contributed by atoms with E-state index in [1.807, 2.05) is 0 Å². The van der Waals surface area contributed by atoms with Gasteiger partial charge in [-0.25, -0.2) is 4.79 Å². The summed E-state index contributed by atoms with van der Waals surface area (Å²) in [6.07, 6.45) is 3.51. The van der Waals surface area contributed by atoms with Gasteiger partial charge < -0.3 is 4.74 Å². The maximum absolute atomic E-state index is 11.3. The number of carbonyl (C=O) groups is 1. The highest BCUT2D eigenvalue weighted by atomic mass is 16.5. The van der Waals surface area contributed by atoms with Crippen molar-refractivity contribution in [3.8, 4) is 0 Å². The topological polar surface area (TPSA) is 81.2 Å². The predicted octanol–water partition coefficient (Wildman–Crippen LogP) is -0.809. The molecule has 0 bridgehead atoms. The van der Waals surface area contributed by atoms with E-state index in [1.165, 1.54) is 29.0 Å². The second kappa shape index (κ2) is 3.66. The zero-order valence-corrected chi connectivity index (χ0v) is 7.67. The first-order valence-corrected chi connectivity index (χ1v) is 4.31. The summed E-state index contributed by atoms with van der Waals surface area (Å²) in [4.78, 5) is 35.0. The van der Waals surface area contributed by atoms with E-state index in [-0.39, 0.29) is 12.4 Å². The molecule has 0 amide bonds. The quantitative estimate of drug-likeness (QED) is 0.654. The van der Waals surface area contributed by atoms with Crippen LogP contribution in [0.1, 0.15) is 6.23 Å². The lowest BCUT2D eigenvalue weighted by Gasteiger charge is -2.18. The molecule has 2 rings (SSSR count). The lowest BCUT2D eigenvalue weighted by Crippen LogP contribution is -2.33. The van der Waals surface area contributed by atoms with E-state index in [0.29, 0.717) is 0 Å². The zero-order valence-electron chi connectivity index (χ0n) is 7.67. The van der Waals surface area contributed by atoms with Crippen LogP contribution in [0.3, 0.4) is 0 Å². The fourth-order valence-electron chi connectivity index (χ4n) is 1.26. The number of aromatic amines is 1. The summed E-state index contributed by atoms with van der Waals surface area (Å²) < 4.78 is 6.30. The largest absolute Gasteiger partial charge is 0.346 e. The molecule has 1 aromatic rings.